The smallest absolute Gasteiger partial charge is 0.287 e. The molecule has 0 spiro atoms. The van der Waals surface area contributed by atoms with Gasteiger partial charge in [-0.25, -0.2) is 0 Å². The van der Waals surface area contributed by atoms with E-state index in [2.05, 4.69) is 16.0 Å². The molecule has 2 aromatic rings. The third kappa shape index (κ3) is 8.66. The molecule has 3 rings (SSSR count). The summed E-state index contributed by atoms with van der Waals surface area (Å²) in [5.41, 5.74) is 1.79. The number of hydrogen-bond acceptors (Lipinski definition) is 4. The van der Waals surface area contributed by atoms with Crippen molar-refractivity contribution in [1.82, 2.24) is 16.0 Å². The molecular formula is C24H33N3O4. The number of furan rings is 1. The van der Waals surface area contributed by atoms with Crippen LogP contribution in [0.15, 0.2) is 40.8 Å². The van der Waals surface area contributed by atoms with Crippen molar-refractivity contribution >= 4 is 17.7 Å². The molecule has 1 aromatic carbocycles. The van der Waals surface area contributed by atoms with E-state index in [4.69, 9.17) is 4.42 Å². The predicted molar refractivity (Wildman–Crippen MR) is 120 cm³/mol. The van der Waals surface area contributed by atoms with Crippen LogP contribution in [-0.2, 0) is 16.1 Å². The fourth-order valence-electron chi connectivity index (χ4n) is 3.12. The SMILES string of the molecule is C1CCCCC1.CCC(=O)NCc1ccc(-c2ccc(C(=O)NCC(=O)NC)o2)cc1. The molecule has 1 aliphatic carbocycles. The normalized spacial score (nSPS) is 12.8. The summed E-state index contributed by atoms with van der Waals surface area (Å²) < 4.78 is 5.54. The minimum atomic E-state index is -0.450. The molecule has 1 heterocycles. The Kier molecular flexibility index (Phi) is 10.3. The van der Waals surface area contributed by atoms with Crippen LogP contribution in [0.2, 0.25) is 0 Å². The Balaban J connectivity index is 0.000000488. The van der Waals surface area contributed by atoms with Crippen LogP contribution in [-0.4, -0.2) is 31.3 Å². The molecule has 1 aliphatic rings. The van der Waals surface area contributed by atoms with Crippen LogP contribution in [0.25, 0.3) is 11.3 Å². The van der Waals surface area contributed by atoms with E-state index in [0.29, 0.717) is 18.7 Å². The van der Waals surface area contributed by atoms with E-state index < -0.39 is 5.91 Å². The van der Waals surface area contributed by atoms with Crippen molar-refractivity contribution in [2.45, 2.75) is 58.4 Å². The van der Waals surface area contributed by atoms with Gasteiger partial charge in [0.25, 0.3) is 5.91 Å². The predicted octanol–water partition coefficient (Wildman–Crippen LogP) is 3.79. The maximum absolute atomic E-state index is 11.9. The van der Waals surface area contributed by atoms with E-state index in [9.17, 15) is 14.4 Å². The molecule has 0 unspecified atom stereocenters. The standard InChI is InChI=1S/C18H21N3O4.C6H12/c1-3-16(22)20-10-12-4-6-13(7-5-12)14-8-9-15(25-14)18(24)21-11-17(23)19-2;1-2-4-6-5-3-1/h4-9H,3,10-11H2,1-2H3,(H,19,23)(H,20,22)(H,21,24);1-6H2. The number of likely N-dealkylation sites (N-methyl/N-ethyl adjacent to an activating group) is 1. The fraction of sp³-hybridized carbons (Fsp3) is 0.458. The first-order valence-electron chi connectivity index (χ1n) is 11.0. The molecule has 7 nitrogen and oxygen atoms in total. The van der Waals surface area contributed by atoms with Gasteiger partial charge in [0.15, 0.2) is 5.76 Å². The second kappa shape index (κ2) is 13.3. The first-order chi connectivity index (χ1) is 15.0. The van der Waals surface area contributed by atoms with Gasteiger partial charge in [-0.2, -0.15) is 0 Å². The average Bonchev–Trinajstić information content (AvgIpc) is 3.33. The van der Waals surface area contributed by atoms with Crippen LogP contribution < -0.4 is 16.0 Å². The summed E-state index contributed by atoms with van der Waals surface area (Å²) in [7, 11) is 1.50. The minimum absolute atomic E-state index is 0.00233. The molecular weight excluding hydrogens is 394 g/mol. The quantitative estimate of drug-likeness (QED) is 0.626. The molecule has 3 N–H and O–H groups in total. The minimum Gasteiger partial charge on any atom is -0.451 e. The van der Waals surface area contributed by atoms with Crippen LogP contribution in [0.4, 0.5) is 0 Å². The van der Waals surface area contributed by atoms with Gasteiger partial charge in [-0.3, -0.25) is 14.4 Å². The van der Waals surface area contributed by atoms with Gasteiger partial charge in [-0.05, 0) is 17.7 Å². The highest BCUT2D eigenvalue weighted by molar-refractivity contribution is 5.94. The lowest BCUT2D eigenvalue weighted by Gasteiger charge is -2.05. The summed E-state index contributed by atoms with van der Waals surface area (Å²) in [5, 5.41) is 7.70. The molecule has 0 radical (unpaired) electrons. The first kappa shape index (κ1) is 24.2. The summed E-state index contributed by atoms with van der Waals surface area (Å²) in [6.07, 6.45) is 9.45. The van der Waals surface area contributed by atoms with Crippen molar-refractivity contribution in [3.05, 3.63) is 47.7 Å². The Bertz CT molecular complexity index is 827. The lowest BCUT2D eigenvalue weighted by Crippen LogP contribution is -2.34. The Hall–Kier alpha value is -3.09. The highest BCUT2D eigenvalue weighted by atomic mass is 16.3. The number of amides is 3. The second-order valence-corrected chi connectivity index (χ2v) is 7.47. The topological polar surface area (TPSA) is 100 Å². The summed E-state index contributed by atoms with van der Waals surface area (Å²) in [4.78, 5) is 34.3. The van der Waals surface area contributed by atoms with E-state index >= 15 is 0 Å². The van der Waals surface area contributed by atoms with Crippen molar-refractivity contribution in [2.75, 3.05) is 13.6 Å². The lowest BCUT2D eigenvalue weighted by molar-refractivity contribution is -0.121. The van der Waals surface area contributed by atoms with Crippen molar-refractivity contribution in [3.63, 3.8) is 0 Å². The number of rotatable bonds is 7. The van der Waals surface area contributed by atoms with Gasteiger partial charge < -0.3 is 20.4 Å². The monoisotopic (exact) mass is 427 g/mol. The van der Waals surface area contributed by atoms with Crippen molar-refractivity contribution < 1.29 is 18.8 Å². The van der Waals surface area contributed by atoms with Gasteiger partial charge in [-0.15, -0.1) is 0 Å². The number of hydrogen-bond donors (Lipinski definition) is 3. The van der Waals surface area contributed by atoms with Crippen LogP contribution in [0.1, 0.15) is 68.0 Å². The third-order valence-corrected chi connectivity index (χ3v) is 5.07. The lowest BCUT2D eigenvalue weighted by atomic mass is 10.0. The van der Waals surface area contributed by atoms with Gasteiger partial charge in [0.2, 0.25) is 11.8 Å². The zero-order valence-electron chi connectivity index (χ0n) is 18.5. The molecule has 0 saturated heterocycles. The Morgan fingerprint density at radius 2 is 1.45 bits per heavy atom. The number of carbonyl (C=O) groups is 3. The van der Waals surface area contributed by atoms with E-state index in [-0.39, 0.29) is 24.1 Å². The van der Waals surface area contributed by atoms with E-state index in [1.54, 1.807) is 19.1 Å². The Morgan fingerprint density at radius 3 is 2.00 bits per heavy atom. The first-order valence-corrected chi connectivity index (χ1v) is 11.0. The van der Waals surface area contributed by atoms with Gasteiger partial charge in [0, 0.05) is 25.6 Å². The van der Waals surface area contributed by atoms with Crippen LogP contribution in [0.5, 0.6) is 0 Å². The molecule has 0 aliphatic heterocycles. The molecule has 31 heavy (non-hydrogen) atoms. The highest BCUT2D eigenvalue weighted by Gasteiger charge is 2.13. The number of nitrogens with one attached hydrogen (secondary N) is 3. The molecule has 168 valence electrons. The summed E-state index contributed by atoms with van der Waals surface area (Å²) >= 11 is 0. The van der Waals surface area contributed by atoms with Crippen molar-refractivity contribution in [3.8, 4) is 11.3 Å². The maximum atomic E-state index is 11.9. The Morgan fingerprint density at radius 1 is 0.839 bits per heavy atom. The molecule has 1 fully saturated rings. The largest absolute Gasteiger partial charge is 0.451 e. The molecule has 7 heteroatoms. The maximum Gasteiger partial charge on any atom is 0.287 e. The zero-order chi connectivity index (χ0) is 22.5. The van der Waals surface area contributed by atoms with E-state index in [1.807, 2.05) is 24.3 Å². The summed E-state index contributed by atoms with van der Waals surface area (Å²) in [5.74, 6) is -0.0467. The molecule has 3 amide bonds. The second-order valence-electron chi connectivity index (χ2n) is 7.47. The van der Waals surface area contributed by atoms with Crippen molar-refractivity contribution in [2.24, 2.45) is 0 Å². The summed E-state index contributed by atoms with van der Waals surface area (Å²) in [6, 6.07) is 10.8. The number of benzene rings is 1. The van der Waals surface area contributed by atoms with Crippen LogP contribution in [0.3, 0.4) is 0 Å². The van der Waals surface area contributed by atoms with Gasteiger partial charge in [-0.1, -0.05) is 69.7 Å². The van der Waals surface area contributed by atoms with E-state index in [1.165, 1.54) is 45.6 Å². The van der Waals surface area contributed by atoms with E-state index in [0.717, 1.165) is 11.1 Å². The summed E-state index contributed by atoms with van der Waals surface area (Å²) in [6.45, 7) is 2.17. The highest BCUT2D eigenvalue weighted by Crippen LogP contribution is 2.22. The van der Waals surface area contributed by atoms with Gasteiger partial charge in [0.05, 0.1) is 6.54 Å². The Labute approximate surface area is 184 Å². The molecule has 0 bridgehead atoms. The molecule has 1 saturated carbocycles. The average molecular weight is 428 g/mol. The van der Waals surface area contributed by atoms with Gasteiger partial charge >= 0.3 is 0 Å². The molecule has 0 atom stereocenters. The molecule has 1 aromatic heterocycles. The van der Waals surface area contributed by atoms with Crippen molar-refractivity contribution in [1.29, 1.82) is 0 Å². The zero-order valence-corrected chi connectivity index (χ0v) is 18.5. The van der Waals surface area contributed by atoms with Crippen LogP contribution in [0, 0.1) is 0 Å². The van der Waals surface area contributed by atoms with Crippen LogP contribution >= 0.6 is 0 Å². The number of carbonyl (C=O) groups excluding carboxylic acids is 3. The van der Waals surface area contributed by atoms with Gasteiger partial charge in [0.1, 0.15) is 5.76 Å². The third-order valence-electron chi connectivity index (χ3n) is 5.07. The fourth-order valence-corrected chi connectivity index (χ4v) is 3.12.